The molecular formula is C15H21N3O3. The summed E-state index contributed by atoms with van der Waals surface area (Å²) in [5.41, 5.74) is 6.79. The maximum atomic E-state index is 12.5. The van der Waals surface area contributed by atoms with Crippen molar-refractivity contribution in [1.82, 2.24) is 4.90 Å². The molecule has 1 saturated heterocycles. The molecule has 2 N–H and O–H groups in total. The third kappa shape index (κ3) is 3.39. The summed E-state index contributed by atoms with van der Waals surface area (Å²) in [5, 5.41) is 11.1. The number of nitrogens with zero attached hydrogens (tertiary/aromatic N) is 2. The van der Waals surface area contributed by atoms with E-state index in [0.717, 1.165) is 18.4 Å². The second-order valence-electron chi connectivity index (χ2n) is 5.77. The Morgan fingerprint density at radius 1 is 1.43 bits per heavy atom. The van der Waals surface area contributed by atoms with Gasteiger partial charge in [0.25, 0.3) is 11.6 Å². The minimum atomic E-state index is -0.499. The lowest BCUT2D eigenvalue weighted by molar-refractivity contribution is -0.385. The summed E-state index contributed by atoms with van der Waals surface area (Å²) in [6.45, 7) is 5.02. The van der Waals surface area contributed by atoms with Crippen LogP contribution in [0.4, 0.5) is 5.69 Å². The van der Waals surface area contributed by atoms with E-state index in [4.69, 9.17) is 5.73 Å². The van der Waals surface area contributed by atoms with E-state index in [9.17, 15) is 14.9 Å². The van der Waals surface area contributed by atoms with Crippen LogP contribution in [-0.4, -0.2) is 34.9 Å². The number of nitro benzene ring substituents is 1. The van der Waals surface area contributed by atoms with Crippen LogP contribution in [0, 0.1) is 23.0 Å². The Bertz CT molecular complexity index is 549. The monoisotopic (exact) mass is 291 g/mol. The summed E-state index contributed by atoms with van der Waals surface area (Å²) in [4.78, 5) is 24.8. The van der Waals surface area contributed by atoms with Gasteiger partial charge in [0, 0.05) is 25.2 Å². The van der Waals surface area contributed by atoms with Gasteiger partial charge < -0.3 is 10.6 Å². The van der Waals surface area contributed by atoms with Crippen LogP contribution >= 0.6 is 0 Å². The molecule has 21 heavy (non-hydrogen) atoms. The van der Waals surface area contributed by atoms with Crippen molar-refractivity contribution in [2.24, 2.45) is 11.7 Å². The highest BCUT2D eigenvalue weighted by atomic mass is 16.6. The molecule has 0 aromatic heterocycles. The zero-order valence-corrected chi connectivity index (χ0v) is 12.4. The molecule has 2 rings (SSSR count). The Labute approximate surface area is 124 Å². The summed E-state index contributed by atoms with van der Waals surface area (Å²) in [7, 11) is 0. The quantitative estimate of drug-likeness (QED) is 0.682. The van der Waals surface area contributed by atoms with E-state index in [-0.39, 0.29) is 23.2 Å². The molecule has 1 aliphatic rings. The molecule has 114 valence electrons. The molecule has 1 amide bonds. The van der Waals surface area contributed by atoms with Crippen molar-refractivity contribution in [3.05, 3.63) is 39.4 Å². The van der Waals surface area contributed by atoms with E-state index in [1.165, 1.54) is 6.07 Å². The number of nitro groups is 1. The number of carbonyl (C=O) groups excluding carboxylic acids is 1. The minimum absolute atomic E-state index is 0.121. The SMILES string of the molecule is Cc1ccc([N+](=O)[O-])c(C(=O)N2CCC(C(C)N)CC2)c1. The molecular weight excluding hydrogens is 270 g/mol. The van der Waals surface area contributed by atoms with Crippen LogP contribution in [0.25, 0.3) is 0 Å². The van der Waals surface area contributed by atoms with Gasteiger partial charge in [0.05, 0.1) is 4.92 Å². The molecule has 0 saturated carbocycles. The van der Waals surface area contributed by atoms with Gasteiger partial charge in [-0.15, -0.1) is 0 Å². The first-order chi connectivity index (χ1) is 9.90. The number of piperidine rings is 1. The van der Waals surface area contributed by atoms with Crippen LogP contribution in [0.2, 0.25) is 0 Å². The van der Waals surface area contributed by atoms with Gasteiger partial charge in [0.2, 0.25) is 0 Å². The summed E-state index contributed by atoms with van der Waals surface area (Å²) in [5.74, 6) is 0.162. The van der Waals surface area contributed by atoms with Crippen LogP contribution in [-0.2, 0) is 0 Å². The minimum Gasteiger partial charge on any atom is -0.338 e. The first-order valence-corrected chi connectivity index (χ1v) is 7.20. The molecule has 1 heterocycles. The molecule has 1 aromatic carbocycles. The van der Waals surface area contributed by atoms with E-state index < -0.39 is 4.92 Å². The fourth-order valence-corrected chi connectivity index (χ4v) is 2.78. The van der Waals surface area contributed by atoms with Gasteiger partial charge in [-0.3, -0.25) is 14.9 Å². The van der Waals surface area contributed by atoms with Crippen molar-refractivity contribution in [1.29, 1.82) is 0 Å². The Hall–Kier alpha value is -1.95. The largest absolute Gasteiger partial charge is 0.338 e. The topological polar surface area (TPSA) is 89.5 Å². The molecule has 1 unspecified atom stereocenters. The predicted octanol–water partition coefficient (Wildman–Crippen LogP) is 2.10. The highest BCUT2D eigenvalue weighted by Gasteiger charge is 2.29. The number of nitrogens with two attached hydrogens (primary N) is 1. The fourth-order valence-electron chi connectivity index (χ4n) is 2.78. The van der Waals surface area contributed by atoms with Crippen LogP contribution in [0.15, 0.2) is 18.2 Å². The molecule has 1 atom stereocenters. The second-order valence-corrected chi connectivity index (χ2v) is 5.77. The number of amides is 1. The standard InChI is InChI=1S/C15H21N3O3/c1-10-3-4-14(18(20)21)13(9-10)15(19)17-7-5-12(6-8-17)11(2)16/h3-4,9,11-12H,5-8,16H2,1-2H3. The van der Waals surface area contributed by atoms with Gasteiger partial charge in [-0.25, -0.2) is 0 Å². The summed E-state index contributed by atoms with van der Waals surface area (Å²) in [6, 6.07) is 4.77. The van der Waals surface area contributed by atoms with E-state index in [1.54, 1.807) is 17.0 Å². The lowest BCUT2D eigenvalue weighted by Gasteiger charge is -2.33. The van der Waals surface area contributed by atoms with Crippen molar-refractivity contribution >= 4 is 11.6 Å². The lowest BCUT2D eigenvalue weighted by Crippen LogP contribution is -2.42. The number of carbonyl (C=O) groups is 1. The van der Waals surface area contributed by atoms with Crippen molar-refractivity contribution in [2.75, 3.05) is 13.1 Å². The molecule has 1 aromatic rings. The smallest absolute Gasteiger partial charge is 0.282 e. The number of benzene rings is 1. The highest BCUT2D eigenvalue weighted by molar-refractivity contribution is 5.98. The number of likely N-dealkylation sites (tertiary alicyclic amines) is 1. The van der Waals surface area contributed by atoms with Gasteiger partial charge in [-0.05, 0) is 44.2 Å². The molecule has 0 bridgehead atoms. The molecule has 6 heteroatoms. The molecule has 1 aliphatic heterocycles. The second kappa shape index (κ2) is 6.22. The van der Waals surface area contributed by atoms with Crippen LogP contribution < -0.4 is 5.73 Å². The molecule has 1 fully saturated rings. The number of hydrogen-bond donors (Lipinski definition) is 1. The average molecular weight is 291 g/mol. The average Bonchev–Trinajstić information content (AvgIpc) is 2.46. The Balaban J connectivity index is 2.18. The summed E-state index contributed by atoms with van der Waals surface area (Å²) >= 11 is 0. The first-order valence-electron chi connectivity index (χ1n) is 7.20. The maximum Gasteiger partial charge on any atom is 0.282 e. The summed E-state index contributed by atoms with van der Waals surface area (Å²) < 4.78 is 0. The van der Waals surface area contributed by atoms with Gasteiger partial charge in [0.1, 0.15) is 5.56 Å². The van der Waals surface area contributed by atoms with E-state index in [0.29, 0.717) is 19.0 Å². The Morgan fingerprint density at radius 3 is 2.57 bits per heavy atom. The van der Waals surface area contributed by atoms with Crippen LogP contribution in [0.1, 0.15) is 35.7 Å². The summed E-state index contributed by atoms with van der Waals surface area (Å²) in [6.07, 6.45) is 1.70. The van der Waals surface area contributed by atoms with Crippen molar-refractivity contribution in [3.8, 4) is 0 Å². The highest BCUT2D eigenvalue weighted by Crippen LogP contribution is 2.25. The van der Waals surface area contributed by atoms with Gasteiger partial charge in [0.15, 0.2) is 0 Å². The van der Waals surface area contributed by atoms with Crippen molar-refractivity contribution in [2.45, 2.75) is 32.7 Å². The maximum absolute atomic E-state index is 12.5. The first kappa shape index (κ1) is 15.4. The normalized spacial score (nSPS) is 17.6. The lowest BCUT2D eigenvalue weighted by atomic mass is 9.90. The van der Waals surface area contributed by atoms with Crippen LogP contribution in [0.3, 0.4) is 0 Å². The molecule has 6 nitrogen and oxygen atoms in total. The van der Waals surface area contributed by atoms with Crippen molar-refractivity contribution in [3.63, 3.8) is 0 Å². The molecule has 0 spiro atoms. The number of aryl methyl sites for hydroxylation is 1. The third-order valence-electron chi connectivity index (χ3n) is 4.15. The fraction of sp³-hybridized carbons (Fsp3) is 0.533. The van der Waals surface area contributed by atoms with E-state index in [2.05, 4.69) is 0 Å². The van der Waals surface area contributed by atoms with E-state index >= 15 is 0 Å². The van der Waals surface area contributed by atoms with Crippen LogP contribution in [0.5, 0.6) is 0 Å². The zero-order valence-electron chi connectivity index (χ0n) is 12.4. The molecule has 0 radical (unpaired) electrons. The van der Waals surface area contributed by atoms with Gasteiger partial charge in [-0.1, -0.05) is 6.07 Å². The van der Waals surface area contributed by atoms with Gasteiger partial charge >= 0.3 is 0 Å². The Morgan fingerprint density at radius 2 is 2.05 bits per heavy atom. The predicted molar refractivity (Wildman–Crippen MR) is 80.1 cm³/mol. The number of hydrogen-bond acceptors (Lipinski definition) is 4. The zero-order chi connectivity index (χ0) is 15.6. The molecule has 0 aliphatic carbocycles. The third-order valence-corrected chi connectivity index (χ3v) is 4.15. The number of rotatable bonds is 3. The van der Waals surface area contributed by atoms with Crippen molar-refractivity contribution < 1.29 is 9.72 Å². The van der Waals surface area contributed by atoms with Gasteiger partial charge in [-0.2, -0.15) is 0 Å². The van der Waals surface area contributed by atoms with E-state index in [1.807, 2.05) is 13.8 Å². The Kier molecular flexibility index (Phi) is 4.57.